The standard InChI is InChI=1S/C13H17NO3/c1-4-17-13(16)9-12(15)10-5-7-11(8-6-10)14(2)3/h5-8H,4,9H2,1-3H3. The van der Waals surface area contributed by atoms with Crippen LogP contribution in [0.25, 0.3) is 0 Å². The molecule has 1 aromatic rings. The molecule has 0 unspecified atom stereocenters. The molecule has 0 bridgehead atoms. The SMILES string of the molecule is CCOC(=O)CC(=O)c1ccc(N(C)C)cc1. The predicted molar refractivity (Wildman–Crippen MR) is 66.3 cm³/mol. The second kappa shape index (κ2) is 6.03. The minimum atomic E-state index is -0.478. The van der Waals surface area contributed by atoms with Gasteiger partial charge in [-0.05, 0) is 31.2 Å². The highest BCUT2D eigenvalue weighted by Gasteiger charge is 2.12. The van der Waals surface area contributed by atoms with Gasteiger partial charge in [0.1, 0.15) is 6.42 Å². The first-order chi connectivity index (χ1) is 8.04. The summed E-state index contributed by atoms with van der Waals surface area (Å²) in [5, 5.41) is 0. The third kappa shape index (κ3) is 3.90. The Morgan fingerprint density at radius 3 is 2.24 bits per heavy atom. The fourth-order valence-corrected chi connectivity index (χ4v) is 1.39. The zero-order valence-corrected chi connectivity index (χ0v) is 10.4. The van der Waals surface area contributed by atoms with Crippen LogP contribution in [0.3, 0.4) is 0 Å². The summed E-state index contributed by atoms with van der Waals surface area (Å²) in [6, 6.07) is 7.13. The molecule has 0 saturated carbocycles. The van der Waals surface area contributed by atoms with Crippen molar-refractivity contribution in [1.82, 2.24) is 0 Å². The Kier molecular flexibility index (Phi) is 4.69. The molecule has 0 radical (unpaired) electrons. The van der Waals surface area contributed by atoms with Gasteiger partial charge >= 0.3 is 5.97 Å². The maximum absolute atomic E-state index is 11.7. The molecule has 0 aliphatic carbocycles. The maximum atomic E-state index is 11.7. The highest BCUT2D eigenvalue weighted by molar-refractivity contribution is 6.06. The topological polar surface area (TPSA) is 46.6 Å². The number of carbonyl (C=O) groups is 2. The number of benzene rings is 1. The van der Waals surface area contributed by atoms with Crippen LogP contribution in [-0.4, -0.2) is 32.5 Å². The molecule has 0 spiro atoms. The molecule has 0 N–H and O–H groups in total. The van der Waals surface area contributed by atoms with E-state index in [-0.39, 0.29) is 12.2 Å². The molecular weight excluding hydrogens is 218 g/mol. The molecule has 0 heterocycles. The van der Waals surface area contributed by atoms with Gasteiger partial charge in [0.05, 0.1) is 6.61 Å². The zero-order chi connectivity index (χ0) is 12.8. The summed E-state index contributed by atoms with van der Waals surface area (Å²) in [7, 11) is 3.85. The third-order valence-corrected chi connectivity index (χ3v) is 2.32. The highest BCUT2D eigenvalue weighted by Crippen LogP contribution is 2.13. The Balaban J connectivity index is 2.67. The summed E-state index contributed by atoms with van der Waals surface area (Å²) in [5.74, 6) is -0.692. The number of hydrogen-bond donors (Lipinski definition) is 0. The molecule has 0 aromatic heterocycles. The second-order valence-corrected chi connectivity index (χ2v) is 3.85. The number of carbonyl (C=O) groups excluding carboxylic acids is 2. The molecular formula is C13H17NO3. The molecule has 92 valence electrons. The van der Waals surface area contributed by atoms with Crippen LogP contribution in [-0.2, 0) is 9.53 Å². The fourth-order valence-electron chi connectivity index (χ4n) is 1.39. The number of hydrogen-bond acceptors (Lipinski definition) is 4. The van der Waals surface area contributed by atoms with Crippen LogP contribution in [0, 0.1) is 0 Å². The number of esters is 1. The lowest BCUT2D eigenvalue weighted by Gasteiger charge is -2.12. The van der Waals surface area contributed by atoms with Crippen molar-refractivity contribution in [2.24, 2.45) is 0 Å². The van der Waals surface area contributed by atoms with E-state index in [4.69, 9.17) is 4.74 Å². The van der Waals surface area contributed by atoms with Crippen LogP contribution >= 0.6 is 0 Å². The van der Waals surface area contributed by atoms with Crippen molar-refractivity contribution in [3.05, 3.63) is 29.8 Å². The van der Waals surface area contributed by atoms with Gasteiger partial charge in [-0.2, -0.15) is 0 Å². The van der Waals surface area contributed by atoms with E-state index in [1.165, 1.54) is 0 Å². The van der Waals surface area contributed by atoms with Gasteiger partial charge in [-0.15, -0.1) is 0 Å². The van der Waals surface area contributed by atoms with Crippen molar-refractivity contribution in [2.45, 2.75) is 13.3 Å². The Bertz CT molecular complexity index is 396. The number of anilines is 1. The summed E-state index contributed by atoms with van der Waals surface area (Å²) in [6.07, 6.45) is -0.199. The highest BCUT2D eigenvalue weighted by atomic mass is 16.5. The largest absolute Gasteiger partial charge is 0.466 e. The quantitative estimate of drug-likeness (QED) is 0.444. The van der Waals surface area contributed by atoms with E-state index in [0.717, 1.165) is 5.69 Å². The Labute approximate surface area is 101 Å². The van der Waals surface area contributed by atoms with Crippen molar-refractivity contribution in [3.8, 4) is 0 Å². The van der Waals surface area contributed by atoms with Crippen LogP contribution in [0.2, 0.25) is 0 Å². The molecule has 0 fully saturated rings. The molecule has 0 amide bonds. The molecule has 1 rings (SSSR count). The van der Waals surface area contributed by atoms with E-state index >= 15 is 0 Å². The predicted octanol–water partition coefficient (Wildman–Crippen LogP) is 1.89. The molecule has 17 heavy (non-hydrogen) atoms. The average Bonchev–Trinajstić information content (AvgIpc) is 2.29. The van der Waals surface area contributed by atoms with E-state index < -0.39 is 5.97 Å². The lowest BCUT2D eigenvalue weighted by molar-refractivity contribution is -0.141. The van der Waals surface area contributed by atoms with Crippen molar-refractivity contribution in [3.63, 3.8) is 0 Å². The van der Waals surface area contributed by atoms with Crippen molar-refractivity contribution in [1.29, 1.82) is 0 Å². The van der Waals surface area contributed by atoms with Crippen LogP contribution < -0.4 is 4.90 Å². The van der Waals surface area contributed by atoms with Gasteiger partial charge < -0.3 is 9.64 Å². The smallest absolute Gasteiger partial charge is 0.313 e. The van der Waals surface area contributed by atoms with Crippen molar-refractivity contribution < 1.29 is 14.3 Å². The van der Waals surface area contributed by atoms with Crippen LogP contribution in [0.1, 0.15) is 23.7 Å². The Hall–Kier alpha value is -1.84. The monoisotopic (exact) mass is 235 g/mol. The first-order valence-electron chi connectivity index (χ1n) is 5.50. The van der Waals surface area contributed by atoms with Gasteiger partial charge in [0.15, 0.2) is 5.78 Å². The summed E-state index contributed by atoms with van der Waals surface area (Å²) >= 11 is 0. The summed E-state index contributed by atoms with van der Waals surface area (Å²) in [5.41, 5.74) is 1.54. The normalized spacial score (nSPS) is 9.82. The first kappa shape index (κ1) is 13.2. The number of ether oxygens (including phenoxy) is 1. The van der Waals surface area contributed by atoms with Crippen molar-refractivity contribution in [2.75, 3.05) is 25.6 Å². The number of ketones is 1. The van der Waals surface area contributed by atoms with E-state index in [2.05, 4.69) is 0 Å². The fraction of sp³-hybridized carbons (Fsp3) is 0.385. The van der Waals surface area contributed by atoms with Gasteiger partial charge in [-0.25, -0.2) is 0 Å². The Morgan fingerprint density at radius 1 is 1.18 bits per heavy atom. The van der Waals surface area contributed by atoms with Crippen molar-refractivity contribution >= 4 is 17.4 Å². The summed E-state index contributed by atoms with van der Waals surface area (Å²) < 4.78 is 4.73. The molecule has 0 atom stereocenters. The molecule has 4 nitrogen and oxygen atoms in total. The zero-order valence-electron chi connectivity index (χ0n) is 10.4. The molecule has 1 aromatic carbocycles. The molecule has 0 aliphatic heterocycles. The lowest BCUT2D eigenvalue weighted by Crippen LogP contribution is -2.12. The maximum Gasteiger partial charge on any atom is 0.313 e. The van der Waals surface area contributed by atoms with Crippen LogP contribution in [0.5, 0.6) is 0 Å². The molecule has 4 heteroatoms. The average molecular weight is 235 g/mol. The van der Waals surface area contributed by atoms with Crippen LogP contribution in [0.15, 0.2) is 24.3 Å². The van der Waals surface area contributed by atoms with Gasteiger partial charge in [0.25, 0.3) is 0 Å². The minimum Gasteiger partial charge on any atom is -0.466 e. The van der Waals surface area contributed by atoms with Gasteiger partial charge in [0.2, 0.25) is 0 Å². The second-order valence-electron chi connectivity index (χ2n) is 3.85. The van der Waals surface area contributed by atoms with E-state index in [1.54, 1.807) is 19.1 Å². The molecule has 0 saturated heterocycles. The lowest BCUT2D eigenvalue weighted by atomic mass is 10.1. The third-order valence-electron chi connectivity index (χ3n) is 2.32. The van der Waals surface area contributed by atoms with Crippen LogP contribution in [0.4, 0.5) is 5.69 Å². The summed E-state index contributed by atoms with van der Waals surface area (Å²) in [6.45, 7) is 2.01. The van der Waals surface area contributed by atoms with E-state index in [1.807, 2.05) is 31.1 Å². The number of Topliss-reactive ketones (excluding diaryl/α,β-unsaturated/α-hetero) is 1. The number of nitrogens with zero attached hydrogens (tertiary/aromatic N) is 1. The van der Waals surface area contributed by atoms with E-state index in [0.29, 0.717) is 12.2 Å². The van der Waals surface area contributed by atoms with E-state index in [9.17, 15) is 9.59 Å². The van der Waals surface area contributed by atoms with Gasteiger partial charge in [0, 0.05) is 25.3 Å². The molecule has 0 aliphatic rings. The van der Waals surface area contributed by atoms with Gasteiger partial charge in [-0.1, -0.05) is 0 Å². The minimum absolute atomic E-state index is 0.199. The number of rotatable bonds is 5. The van der Waals surface area contributed by atoms with Gasteiger partial charge in [-0.3, -0.25) is 9.59 Å². The summed E-state index contributed by atoms with van der Waals surface area (Å²) in [4.78, 5) is 24.8. The first-order valence-corrected chi connectivity index (χ1v) is 5.50. The Morgan fingerprint density at radius 2 is 1.76 bits per heavy atom.